The van der Waals surface area contributed by atoms with Gasteiger partial charge in [-0.2, -0.15) is 0 Å². The minimum absolute atomic E-state index is 0.0753. The molecule has 2 aromatic carbocycles. The van der Waals surface area contributed by atoms with E-state index in [9.17, 15) is 18.4 Å². The van der Waals surface area contributed by atoms with Crippen molar-refractivity contribution in [2.45, 2.75) is 31.7 Å². The third kappa shape index (κ3) is 4.59. The summed E-state index contributed by atoms with van der Waals surface area (Å²) in [6, 6.07) is 7.85. The Morgan fingerprint density at radius 2 is 1.86 bits per heavy atom. The highest BCUT2D eigenvalue weighted by Crippen LogP contribution is 2.31. The zero-order valence-electron chi connectivity index (χ0n) is 15.2. The second-order valence-corrected chi connectivity index (χ2v) is 7.09. The molecular weight excluding hydrogens is 388 g/mol. The lowest BCUT2D eigenvalue weighted by Crippen LogP contribution is -2.53. The van der Waals surface area contributed by atoms with Gasteiger partial charge in [-0.15, -0.1) is 0 Å². The molecule has 0 saturated carbocycles. The summed E-state index contributed by atoms with van der Waals surface area (Å²) in [6.07, 6.45) is 0.371. The molecule has 3 rings (SSSR count). The van der Waals surface area contributed by atoms with Crippen molar-refractivity contribution in [3.8, 4) is 0 Å². The highest BCUT2D eigenvalue weighted by atomic mass is 35.5. The van der Waals surface area contributed by atoms with Crippen LogP contribution in [-0.4, -0.2) is 24.5 Å². The molecule has 0 spiro atoms. The van der Waals surface area contributed by atoms with Gasteiger partial charge >= 0.3 is 6.03 Å². The maximum Gasteiger partial charge on any atom is 0.319 e. The van der Waals surface area contributed by atoms with Crippen LogP contribution >= 0.6 is 11.6 Å². The van der Waals surface area contributed by atoms with Gasteiger partial charge in [0.2, 0.25) is 5.91 Å². The minimum Gasteiger partial charge on any atom is -0.354 e. The van der Waals surface area contributed by atoms with E-state index < -0.39 is 29.6 Å². The first kappa shape index (κ1) is 20.1. The smallest absolute Gasteiger partial charge is 0.319 e. The molecule has 148 valence electrons. The van der Waals surface area contributed by atoms with Gasteiger partial charge in [-0.05, 0) is 48.4 Å². The summed E-state index contributed by atoms with van der Waals surface area (Å²) < 4.78 is 29.2. The Labute approximate surface area is 166 Å². The number of carbonyl (C=O) groups is 2. The molecule has 1 heterocycles. The summed E-state index contributed by atoms with van der Waals surface area (Å²) in [6.45, 7) is 1.87. The summed E-state index contributed by atoms with van der Waals surface area (Å²) in [5.74, 6) is -2.54. The number of carbonyl (C=O) groups excluding carboxylic acids is 2. The number of halogens is 3. The van der Waals surface area contributed by atoms with Crippen LogP contribution in [0.2, 0.25) is 5.02 Å². The van der Waals surface area contributed by atoms with E-state index in [0.29, 0.717) is 22.7 Å². The summed E-state index contributed by atoms with van der Waals surface area (Å²) >= 11 is 5.82. The van der Waals surface area contributed by atoms with Crippen LogP contribution in [0.25, 0.3) is 0 Å². The molecule has 2 atom stereocenters. The Balaban J connectivity index is 1.80. The van der Waals surface area contributed by atoms with Gasteiger partial charge in [0.15, 0.2) is 0 Å². The molecule has 28 heavy (non-hydrogen) atoms. The molecule has 0 radical (unpaired) electrons. The largest absolute Gasteiger partial charge is 0.354 e. The molecule has 3 amide bonds. The van der Waals surface area contributed by atoms with Crippen molar-refractivity contribution in [2.24, 2.45) is 0 Å². The Hall–Kier alpha value is -2.67. The summed E-state index contributed by atoms with van der Waals surface area (Å²) in [4.78, 5) is 24.2. The van der Waals surface area contributed by atoms with Crippen molar-refractivity contribution in [1.29, 1.82) is 0 Å². The number of aryl methyl sites for hydroxylation is 1. The average molecular weight is 408 g/mol. The quantitative estimate of drug-likeness (QED) is 0.717. The Morgan fingerprint density at radius 1 is 1.21 bits per heavy atom. The summed E-state index contributed by atoms with van der Waals surface area (Å²) in [5.41, 5.74) is 0.871. The number of urea groups is 1. The first-order valence-corrected chi connectivity index (χ1v) is 9.32. The first-order chi connectivity index (χ1) is 13.4. The number of benzene rings is 2. The van der Waals surface area contributed by atoms with Crippen molar-refractivity contribution in [3.63, 3.8) is 0 Å². The van der Waals surface area contributed by atoms with Gasteiger partial charge in [0.05, 0.1) is 6.04 Å². The van der Waals surface area contributed by atoms with E-state index in [1.165, 1.54) is 12.1 Å². The minimum atomic E-state index is -0.810. The Bertz CT molecular complexity index is 867. The van der Waals surface area contributed by atoms with Gasteiger partial charge in [-0.25, -0.2) is 13.6 Å². The molecule has 5 nitrogen and oxygen atoms in total. The summed E-state index contributed by atoms with van der Waals surface area (Å²) in [5, 5.41) is 8.50. The second-order valence-electron chi connectivity index (χ2n) is 6.65. The van der Waals surface area contributed by atoms with Gasteiger partial charge in [0.1, 0.15) is 11.6 Å². The summed E-state index contributed by atoms with van der Waals surface area (Å²) in [7, 11) is 0. The van der Waals surface area contributed by atoms with Gasteiger partial charge in [-0.1, -0.05) is 18.5 Å². The monoisotopic (exact) mass is 407 g/mol. The van der Waals surface area contributed by atoms with Crippen LogP contribution in [0.4, 0.5) is 19.3 Å². The standard InChI is InChI=1S/C20H20ClF2N3O2/c1-2-11-7-15(22)19(16(23)8-11)14-9-18(27)24-10-17(14)26-20(28)25-13-5-3-12(21)4-6-13/h3-8,14,17H,2,9-10H2,1H3,(H,24,27)(H2,25,26,28)/t14?,17-/m1/s1. The van der Waals surface area contributed by atoms with E-state index >= 15 is 0 Å². The highest BCUT2D eigenvalue weighted by Gasteiger charge is 2.35. The average Bonchev–Trinajstić information content (AvgIpc) is 2.65. The van der Waals surface area contributed by atoms with Crippen LogP contribution in [0.1, 0.15) is 30.4 Å². The number of nitrogens with one attached hydrogen (secondary N) is 3. The predicted octanol–water partition coefficient (Wildman–Crippen LogP) is 3.97. The highest BCUT2D eigenvalue weighted by molar-refractivity contribution is 6.30. The first-order valence-electron chi connectivity index (χ1n) is 8.95. The fourth-order valence-corrected chi connectivity index (χ4v) is 3.42. The lowest BCUT2D eigenvalue weighted by atomic mass is 9.84. The third-order valence-corrected chi connectivity index (χ3v) is 5.00. The van der Waals surface area contributed by atoms with Gasteiger partial charge in [0, 0.05) is 35.2 Å². The molecule has 1 aliphatic rings. The molecule has 8 heteroatoms. The van der Waals surface area contributed by atoms with Crippen LogP contribution in [0.15, 0.2) is 36.4 Å². The number of rotatable bonds is 4. The lowest BCUT2D eigenvalue weighted by Gasteiger charge is -2.33. The number of hydrogen-bond donors (Lipinski definition) is 3. The molecule has 0 aliphatic carbocycles. The van der Waals surface area contributed by atoms with E-state index in [1.807, 2.05) is 0 Å². The maximum absolute atomic E-state index is 14.6. The molecule has 2 aromatic rings. The molecule has 0 aromatic heterocycles. The number of amides is 3. The van der Waals surface area contributed by atoms with Gasteiger partial charge < -0.3 is 16.0 Å². The van der Waals surface area contributed by atoms with Crippen molar-refractivity contribution in [3.05, 3.63) is 64.2 Å². The molecule has 1 unspecified atom stereocenters. The second kappa shape index (κ2) is 8.56. The van der Waals surface area contributed by atoms with Crippen LogP contribution in [0.3, 0.4) is 0 Å². The molecule has 3 N–H and O–H groups in total. The van der Waals surface area contributed by atoms with E-state index in [1.54, 1.807) is 31.2 Å². The molecular formula is C20H20ClF2N3O2. The Kier molecular flexibility index (Phi) is 6.14. The van der Waals surface area contributed by atoms with Gasteiger partial charge in [0.25, 0.3) is 0 Å². The SMILES string of the molecule is CCc1cc(F)c(C2CC(=O)NC[C@H]2NC(=O)Nc2ccc(Cl)cc2)c(F)c1. The van der Waals surface area contributed by atoms with Crippen LogP contribution < -0.4 is 16.0 Å². The normalized spacial score (nSPS) is 19.1. The number of piperidine rings is 1. The van der Waals surface area contributed by atoms with E-state index in [2.05, 4.69) is 16.0 Å². The van der Waals surface area contributed by atoms with Crippen molar-refractivity contribution >= 4 is 29.2 Å². The van der Waals surface area contributed by atoms with Crippen molar-refractivity contribution < 1.29 is 18.4 Å². The molecule has 1 aliphatic heterocycles. The van der Waals surface area contributed by atoms with Gasteiger partial charge in [-0.3, -0.25) is 4.79 Å². The fraction of sp³-hybridized carbons (Fsp3) is 0.300. The van der Waals surface area contributed by atoms with E-state index in [-0.39, 0.29) is 24.4 Å². The third-order valence-electron chi connectivity index (χ3n) is 4.75. The predicted molar refractivity (Wildman–Crippen MR) is 103 cm³/mol. The zero-order chi connectivity index (χ0) is 20.3. The van der Waals surface area contributed by atoms with E-state index in [4.69, 9.17) is 11.6 Å². The number of anilines is 1. The van der Waals surface area contributed by atoms with Crippen molar-refractivity contribution in [1.82, 2.24) is 10.6 Å². The van der Waals surface area contributed by atoms with Crippen LogP contribution in [-0.2, 0) is 11.2 Å². The Morgan fingerprint density at radius 3 is 2.46 bits per heavy atom. The van der Waals surface area contributed by atoms with E-state index in [0.717, 1.165) is 0 Å². The molecule has 0 bridgehead atoms. The topological polar surface area (TPSA) is 70.2 Å². The molecule has 1 saturated heterocycles. The lowest BCUT2D eigenvalue weighted by molar-refractivity contribution is -0.123. The molecule has 1 fully saturated rings. The maximum atomic E-state index is 14.6. The van der Waals surface area contributed by atoms with Crippen molar-refractivity contribution in [2.75, 3.05) is 11.9 Å². The zero-order valence-corrected chi connectivity index (χ0v) is 15.9. The number of hydrogen-bond acceptors (Lipinski definition) is 2. The fourth-order valence-electron chi connectivity index (χ4n) is 3.30. The van der Waals surface area contributed by atoms with Crippen LogP contribution in [0, 0.1) is 11.6 Å². The van der Waals surface area contributed by atoms with Crippen LogP contribution in [0.5, 0.6) is 0 Å².